The van der Waals surface area contributed by atoms with Crippen LogP contribution >= 0.6 is 11.8 Å². The Labute approximate surface area is 123 Å². The van der Waals surface area contributed by atoms with E-state index in [0.29, 0.717) is 22.5 Å². The first-order chi connectivity index (χ1) is 10.1. The van der Waals surface area contributed by atoms with E-state index in [2.05, 4.69) is 4.98 Å². The van der Waals surface area contributed by atoms with Gasteiger partial charge in [0.15, 0.2) is 5.43 Å². The predicted octanol–water partition coefficient (Wildman–Crippen LogP) is 1.13. The first-order valence-electron chi connectivity index (χ1n) is 6.31. The molecule has 1 aromatic heterocycles. The number of carbonyl (C=O) groups is 2. The zero-order valence-electron chi connectivity index (χ0n) is 10.9. The van der Waals surface area contributed by atoms with Crippen LogP contribution < -0.4 is 5.43 Å². The molecular weight excluding hydrogens is 292 g/mol. The number of nitrogens with zero attached hydrogens (tertiary/aromatic N) is 1. The number of rotatable bonds is 2. The molecule has 1 aliphatic rings. The Morgan fingerprint density at radius 1 is 1.33 bits per heavy atom. The number of fused-ring (bicyclic) bond motifs is 1. The van der Waals surface area contributed by atoms with Crippen molar-refractivity contribution >= 4 is 34.5 Å². The first kappa shape index (κ1) is 13.7. The normalized spacial score (nSPS) is 18.1. The molecule has 108 valence electrons. The summed E-state index contributed by atoms with van der Waals surface area (Å²) in [6.45, 7) is 0. The summed E-state index contributed by atoms with van der Waals surface area (Å²) in [7, 11) is 0. The van der Waals surface area contributed by atoms with Gasteiger partial charge in [-0.2, -0.15) is 0 Å². The number of nitrogens with one attached hydrogen (secondary N) is 1. The molecule has 3 rings (SSSR count). The molecule has 0 aliphatic carbocycles. The molecule has 0 saturated carbocycles. The van der Waals surface area contributed by atoms with E-state index in [1.54, 1.807) is 24.3 Å². The SMILES string of the molecule is O=C(O)C1CSCN1C(=O)c1cc(=O)c2ccccc2[nH]1. The maximum Gasteiger partial charge on any atom is 0.327 e. The molecular formula is C14H12N2O4S. The van der Waals surface area contributed by atoms with Gasteiger partial charge in [-0.3, -0.25) is 9.59 Å². The third-order valence-corrected chi connectivity index (χ3v) is 4.41. The maximum atomic E-state index is 12.4. The minimum absolute atomic E-state index is 0.118. The van der Waals surface area contributed by atoms with Gasteiger partial charge < -0.3 is 15.0 Å². The molecule has 21 heavy (non-hydrogen) atoms. The Kier molecular flexibility index (Phi) is 3.42. The lowest BCUT2D eigenvalue weighted by Gasteiger charge is -2.20. The van der Waals surface area contributed by atoms with Crippen molar-refractivity contribution in [3.05, 3.63) is 46.2 Å². The summed E-state index contributed by atoms with van der Waals surface area (Å²) in [5.41, 5.74) is 0.422. The summed E-state index contributed by atoms with van der Waals surface area (Å²) in [5, 5.41) is 9.63. The quantitative estimate of drug-likeness (QED) is 0.868. The molecule has 1 fully saturated rings. The molecule has 1 atom stereocenters. The van der Waals surface area contributed by atoms with Crippen LogP contribution in [0.25, 0.3) is 10.9 Å². The van der Waals surface area contributed by atoms with Gasteiger partial charge in [0.05, 0.1) is 5.88 Å². The second-order valence-electron chi connectivity index (χ2n) is 4.72. The third-order valence-electron chi connectivity index (χ3n) is 3.40. The van der Waals surface area contributed by atoms with E-state index < -0.39 is 17.9 Å². The predicted molar refractivity (Wildman–Crippen MR) is 79.5 cm³/mol. The van der Waals surface area contributed by atoms with Gasteiger partial charge in [-0.05, 0) is 12.1 Å². The highest BCUT2D eigenvalue weighted by Gasteiger charge is 2.35. The van der Waals surface area contributed by atoms with Crippen LogP contribution in [0.3, 0.4) is 0 Å². The van der Waals surface area contributed by atoms with Crippen LogP contribution in [0, 0.1) is 0 Å². The maximum absolute atomic E-state index is 12.4. The van der Waals surface area contributed by atoms with Crippen LogP contribution in [-0.2, 0) is 4.79 Å². The van der Waals surface area contributed by atoms with E-state index in [-0.39, 0.29) is 11.1 Å². The highest BCUT2D eigenvalue weighted by molar-refractivity contribution is 7.99. The summed E-state index contributed by atoms with van der Waals surface area (Å²) in [6, 6.07) is 7.27. The van der Waals surface area contributed by atoms with Crippen LogP contribution in [0.2, 0.25) is 0 Å². The number of pyridine rings is 1. The Morgan fingerprint density at radius 3 is 2.86 bits per heavy atom. The van der Waals surface area contributed by atoms with E-state index in [1.807, 2.05) is 0 Å². The molecule has 1 aromatic carbocycles. The number of carbonyl (C=O) groups excluding carboxylic acids is 1. The van der Waals surface area contributed by atoms with Gasteiger partial charge in [-0.1, -0.05) is 12.1 Å². The lowest BCUT2D eigenvalue weighted by Crippen LogP contribution is -2.42. The van der Waals surface area contributed by atoms with Gasteiger partial charge in [0.1, 0.15) is 11.7 Å². The number of para-hydroxylation sites is 1. The average molecular weight is 304 g/mol. The van der Waals surface area contributed by atoms with Crippen LogP contribution in [-0.4, -0.2) is 44.5 Å². The van der Waals surface area contributed by atoms with Crippen LogP contribution in [0.4, 0.5) is 0 Å². The Balaban J connectivity index is 2.02. The van der Waals surface area contributed by atoms with Crippen molar-refractivity contribution in [2.24, 2.45) is 0 Å². The summed E-state index contributed by atoms with van der Waals surface area (Å²) < 4.78 is 0. The number of carboxylic acid groups (broad SMARTS) is 1. The van der Waals surface area contributed by atoms with Crippen molar-refractivity contribution < 1.29 is 14.7 Å². The second-order valence-corrected chi connectivity index (χ2v) is 5.72. The molecule has 2 aromatic rings. The molecule has 0 spiro atoms. The Hall–Kier alpha value is -2.28. The monoisotopic (exact) mass is 304 g/mol. The fraction of sp³-hybridized carbons (Fsp3) is 0.214. The van der Waals surface area contributed by atoms with Crippen molar-refractivity contribution in [2.75, 3.05) is 11.6 Å². The van der Waals surface area contributed by atoms with Gasteiger partial charge in [-0.15, -0.1) is 11.8 Å². The fourth-order valence-corrected chi connectivity index (χ4v) is 3.46. The van der Waals surface area contributed by atoms with E-state index in [9.17, 15) is 14.4 Å². The molecule has 2 heterocycles. The number of benzene rings is 1. The van der Waals surface area contributed by atoms with Crippen molar-refractivity contribution in [1.82, 2.24) is 9.88 Å². The molecule has 7 heteroatoms. The van der Waals surface area contributed by atoms with Crippen LogP contribution in [0.1, 0.15) is 10.5 Å². The lowest BCUT2D eigenvalue weighted by atomic mass is 10.2. The Morgan fingerprint density at radius 2 is 2.10 bits per heavy atom. The van der Waals surface area contributed by atoms with E-state index in [0.717, 1.165) is 0 Å². The number of H-pyrrole nitrogens is 1. The van der Waals surface area contributed by atoms with Crippen molar-refractivity contribution in [2.45, 2.75) is 6.04 Å². The van der Waals surface area contributed by atoms with Gasteiger partial charge in [0, 0.05) is 22.7 Å². The number of amides is 1. The van der Waals surface area contributed by atoms with Crippen molar-refractivity contribution in [3.8, 4) is 0 Å². The largest absolute Gasteiger partial charge is 0.480 e. The number of hydrogen-bond acceptors (Lipinski definition) is 4. The molecule has 2 N–H and O–H groups in total. The molecule has 1 amide bonds. The highest BCUT2D eigenvalue weighted by atomic mass is 32.2. The van der Waals surface area contributed by atoms with Crippen molar-refractivity contribution in [3.63, 3.8) is 0 Å². The summed E-state index contributed by atoms with van der Waals surface area (Å²) >= 11 is 1.38. The number of carboxylic acids is 1. The molecule has 6 nitrogen and oxygen atoms in total. The minimum Gasteiger partial charge on any atom is -0.480 e. The number of aromatic amines is 1. The molecule has 1 saturated heterocycles. The van der Waals surface area contributed by atoms with Crippen LogP contribution in [0.15, 0.2) is 35.1 Å². The third kappa shape index (κ3) is 2.40. The summed E-state index contributed by atoms with van der Waals surface area (Å²) in [6.07, 6.45) is 0. The molecule has 0 radical (unpaired) electrons. The number of thioether (sulfide) groups is 1. The van der Waals surface area contributed by atoms with Gasteiger partial charge in [-0.25, -0.2) is 4.79 Å². The van der Waals surface area contributed by atoms with Gasteiger partial charge in [0.2, 0.25) is 0 Å². The van der Waals surface area contributed by atoms with Gasteiger partial charge >= 0.3 is 5.97 Å². The highest BCUT2D eigenvalue weighted by Crippen LogP contribution is 2.23. The van der Waals surface area contributed by atoms with E-state index >= 15 is 0 Å². The second kappa shape index (κ2) is 5.25. The zero-order chi connectivity index (χ0) is 15.0. The summed E-state index contributed by atoms with van der Waals surface area (Å²) in [4.78, 5) is 39.8. The van der Waals surface area contributed by atoms with Crippen molar-refractivity contribution in [1.29, 1.82) is 0 Å². The number of hydrogen-bond donors (Lipinski definition) is 2. The smallest absolute Gasteiger partial charge is 0.327 e. The molecule has 0 bridgehead atoms. The zero-order valence-corrected chi connectivity index (χ0v) is 11.7. The number of aromatic nitrogens is 1. The minimum atomic E-state index is -1.03. The fourth-order valence-electron chi connectivity index (χ4n) is 2.31. The van der Waals surface area contributed by atoms with Crippen LogP contribution in [0.5, 0.6) is 0 Å². The first-order valence-corrected chi connectivity index (χ1v) is 7.47. The van der Waals surface area contributed by atoms with E-state index in [4.69, 9.17) is 5.11 Å². The number of aliphatic carboxylic acids is 1. The molecule has 1 unspecified atom stereocenters. The standard InChI is InChI=1S/C14H12N2O4S/c17-12-5-10(15-9-4-2-1-3-8(9)12)13(18)16-7-21-6-11(16)14(19)20/h1-5,11H,6-7H2,(H,15,17)(H,19,20). The van der Waals surface area contributed by atoms with Gasteiger partial charge in [0.25, 0.3) is 5.91 Å². The molecule has 1 aliphatic heterocycles. The average Bonchev–Trinajstić information content (AvgIpc) is 2.96. The van der Waals surface area contributed by atoms with E-state index in [1.165, 1.54) is 22.7 Å². The lowest BCUT2D eigenvalue weighted by molar-refractivity contribution is -0.140. The summed E-state index contributed by atoms with van der Waals surface area (Å²) in [5.74, 6) is -0.824. The topological polar surface area (TPSA) is 90.5 Å². The Bertz CT molecular complexity index is 786.